The summed E-state index contributed by atoms with van der Waals surface area (Å²) in [6.07, 6.45) is 0. The molecule has 0 aromatic heterocycles. The first-order valence-corrected chi connectivity index (χ1v) is 8.49. The molecule has 0 aliphatic carbocycles. The third-order valence-electron chi connectivity index (χ3n) is 4.32. The Morgan fingerprint density at radius 3 is 2.86 bits per heavy atom. The molecular weight excluding hydrogens is 282 g/mol. The monoisotopic (exact) mass is 307 g/mol. The van der Waals surface area contributed by atoms with Crippen LogP contribution in [0.15, 0.2) is 18.2 Å². The van der Waals surface area contributed by atoms with Crippen molar-refractivity contribution in [2.24, 2.45) is 0 Å². The summed E-state index contributed by atoms with van der Waals surface area (Å²) in [5.74, 6) is 1.14. The molecule has 1 heterocycles. The maximum Gasteiger partial charge on any atom is 0.241 e. The SMILES string of the molecule is Cc1cc(N)ccc1NC(=O)C(C)N1CCSC(C)C1C. The van der Waals surface area contributed by atoms with Crippen molar-refractivity contribution < 1.29 is 4.79 Å². The van der Waals surface area contributed by atoms with Crippen LogP contribution in [0.5, 0.6) is 0 Å². The van der Waals surface area contributed by atoms with Crippen LogP contribution in [0.1, 0.15) is 26.3 Å². The Labute approximate surface area is 131 Å². The van der Waals surface area contributed by atoms with Gasteiger partial charge in [-0.05, 0) is 44.5 Å². The fourth-order valence-electron chi connectivity index (χ4n) is 2.72. The molecule has 1 aliphatic rings. The lowest BCUT2D eigenvalue weighted by atomic mass is 10.1. The molecule has 21 heavy (non-hydrogen) atoms. The van der Waals surface area contributed by atoms with Crippen LogP contribution >= 0.6 is 11.8 Å². The summed E-state index contributed by atoms with van der Waals surface area (Å²) in [6.45, 7) is 9.34. The van der Waals surface area contributed by atoms with Gasteiger partial charge in [0, 0.05) is 35.0 Å². The number of hydrogen-bond acceptors (Lipinski definition) is 4. The van der Waals surface area contributed by atoms with E-state index in [1.807, 2.05) is 43.8 Å². The molecule has 5 heteroatoms. The van der Waals surface area contributed by atoms with Gasteiger partial charge in [-0.2, -0.15) is 11.8 Å². The Kier molecular flexibility index (Phi) is 5.17. The van der Waals surface area contributed by atoms with Crippen molar-refractivity contribution in [1.29, 1.82) is 0 Å². The van der Waals surface area contributed by atoms with Crippen LogP contribution in [0.2, 0.25) is 0 Å². The van der Waals surface area contributed by atoms with Crippen molar-refractivity contribution in [3.8, 4) is 0 Å². The van der Waals surface area contributed by atoms with Crippen molar-refractivity contribution in [3.05, 3.63) is 23.8 Å². The number of amides is 1. The number of anilines is 2. The minimum Gasteiger partial charge on any atom is -0.399 e. The summed E-state index contributed by atoms with van der Waals surface area (Å²) in [7, 11) is 0. The number of aryl methyl sites for hydroxylation is 1. The largest absolute Gasteiger partial charge is 0.399 e. The van der Waals surface area contributed by atoms with Crippen molar-refractivity contribution in [2.75, 3.05) is 23.3 Å². The Morgan fingerprint density at radius 1 is 1.48 bits per heavy atom. The predicted octanol–water partition coefficient (Wildman–Crippen LogP) is 2.73. The second-order valence-corrected chi connectivity index (χ2v) is 7.28. The number of carbonyl (C=O) groups excluding carboxylic acids is 1. The first-order chi connectivity index (χ1) is 9.90. The smallest absolute Gasteiger partial charge is 0.241 e. The van der Waals surface area contributed by atoms with Crippen LogP contribution < -0.4 is 11.1 Å². The summed E-state index contributed by atoms with van der Waals surface area (Å²) in [4.78, 5) is 14.8. The third kappa shape index (κ3) is 3.71. The van der Waals surface area contributed by atoms with Gasteiger partial charge in [-0.3, -0.25) is 9.69 Å². The lowest BCUT2D eigenvalue weighted by Gasteiger charge is -2.40. The lowest BCUT2D eigenvalue weighted by Crippen LogP contribution is -2.53. The standard InChI is InChI=1S/C16H25N3OS/c1-10-9-14(17)5-6-15(10)18-16(20)12(3)19-7-8-21-13(4)11(19)2/h5-6,9,11-13H,7-8,17H2,1-4H3,(H,18,20). The van der Waals surface area contributed by atoms with E-state index in [9.17, 15) is 4.79 Å². The minimum atomic E-state index is -0.125. The summed E-state index contributed by atoms with van der Waals surface area (Å²) in [5, 5.41) is 3.59. The van der Waals surface area contributed by atoms with Gasteiger partial charge in [0.1, 0.15) is 0 Å². The van der Waals surface area contributed by atoms with Crippen molar-refractivity contribution in [3.63, 3.8) is 0 Å². The molecule has 0 saturated carbocycles. The van der Waals surface area contributed by atoms with E-state index >= 15 is 0 Å². The predicted molar refractivity (Wildman–Crippen MR) is 91.8 cm³/mol. The average Bonchev–Trinajstić information content (AvgIpc) is 2.44. The summed E-state index contributed by atoms with van der Waals surface area (Å²) >= 11 is 1.98. The van der Waals surface area contributed by atoms with Gasteiger partial charge in [-0.15, -0.1) is 0 Å². The first kappa shape index (κ1) is 16.2. The summed E-state index contributed by atoms with van der Waals surface area (Å²) in [6, 6.07) is 5.85. The van der Waals surface area contributed by atoms with E-state index in [0.717, 1.165) is 23.5 Å². The highest BCUT2D eigenvalue weighted by Gasteiger charge is 2.31. The van der Waals surface area contributed by atoms with Crippen molar-refractivity contribution >= 4 is 29.0 Å². The van der Waals surface area contributed by atoms with E-state index in [0.29, 0.717) is 17.0 Å². The van der Waals surface area contributed by atoms with Crippen LogP contribution in [-0.2, 0) is 4.79 Å². The van der Waals surface area contributed by atoms with Gasteiger partial charge in [0.15, 0.2) is 0 Å². The van der Waals surface area contributed by atoms with E-state index in [1.54, 1.807) is 0 Å². The highest BCUT2D eigenvalue weighted by molar-refractivity contribution is 8.00. The van der Waals surface area contributed by atoms with Crippen molar-refractivity contribution in [2.45, 2.75) is 45.0 Å². The first-order valence-electron chi connectivity index (χ1n) is 7.44. The molecule has 0 spiro atoms. The third-order valence-corrected chi connectivity index (χ3v) is 5.66. The van der Waals surface area contributed by atoms with Crippen LogP contribution in [0.25, 0.3) is 0 Å². The molecule has 1 fully saturated rings. The summed E-state index contributed by atoms with van der Waals surface area (Å²) < 4.78 is 0. The zero-order chi connectivity index (χ0) is 15.6. The molecule has 4 nitrogen and oxygen atoms in total. The maximum absolute atomic E-state index is 12.5. The fourth-order valence-corrected chi connectivity index (χ4v) is 3.84. The maximum atomic E-state index is 12.5. The number of benzene rings is 1. The Morgan fingerprint density at radius 2 is 2.19 bits per heavy atom. The molecule has 1 aromatic rings. The molecular formula is C16H25N3OS. The van der Waals surface area contributed by atoms with Crippen LogP contribution in [-0.4, -0.2) is 40.4 Å². The molecule has 3 unspecified atom stereocenters. The van der Waals surface area contributed by atoms with E-state index < -0.39 is 0 Å². The topological polar surface area (TPSA) is 58.4 Å². The number of thioether (sulfide) groups is 1. The zero-order valence-electron chi connectivity index (χ0n) is 13.2. The lowest BCUT2D eigenvalue weighted by molar-refractivity contribution is -0.121. The van der Waals surface area contributed by atoms with Gasteiger partial charge in [0.25, 0.3) is 0 Å². The Bertz CT molecular complexity index is 520. The second-order valence-electron chi connectivity index (χ2n) is 5.79. The molecule has 2 rings (SSSR count). The highest BCUT2D eigenvalue weighted by atomic mass is 32.2. The molecule has 1 saturated heterocycles. The van der Waals surface area contributed by atoms with Crippen molar-refractivity contribution in [1.82, 2.24) is 4.90 Å². The van der Waals surface area contributed by atoms with E-state index in [1.165, 1.54) is 0 Å². The average molecular weight is 307 g/mol. The number of nitrogens with zero attached hydrogens (tertiary/aromatic N) is 1. The molecule has 0 bridgehead atoms. The Hall–Kier alpha value is -1.20. The molecule has 1 aromatic carbocycles. The van der Waals surface area contributed by atoms with Crippen LogP contribution in [0, 0.1) is 6.92 Å². The number of nitrogens with one attached hydrogen (secondary N) is 1. The van der Waals surface area contributed by atoms with Gasteiger partial charge in [-0.25, -0.2) is 0 Å². The second kappa shape index (κ2) is 6.71. The number of carbonyl (C=O) groups is 1. The van der Waals surface area contributed by atoms with Crippen LogP contribution in [0.4, 0.5) is 11.4 Å². The Balaban J connectivity index is 2.05. The van der Waals surface area contributed by atoms with Gasteiger partial charge in [-0.1, -0.05) is 6.92 Å². The molecule has 1 aliphatic heterocycles. The quantitative estimate of drug-likeness (QED) is 0.843. The molecule has 116 valence electrons. The molecule has 1 amide bonds. The van der Waals surface area contributed by atoms with Gasteiger partial charge in [0.2, 0.25) is 5.91 Å². The summed E-state index contributed by atoms with van der Waals surface area (Å²) in [5.41, 5.74) is 8.29. The normalized spacial score (nSPS) is 24.6. The number of hydrogen-bond donors (Lipinski definition) is 2. The van der Waals surface area contributed by atoms with Gasteiger partial charge >= 0.3 is 0 Å². The fraction of sp³-hybridized carbons (Fsp3) is 0.562. The molecule has 3 N–H and O–H groups in total. The van der Waals surface area contributed by atoms with Gasteiger partial charge in [0.05, 0.1) is 6.04 Å². The minimum absolute atomic E-state index is 0.0498. The number of nitrogen functional groups attached to an aromatic ring is 1. The van der Waals surface area contributed by atoms with Gasteiger partial charge < -0.3 is 11.1 Å². The number of rotatable bonds is 3. The molecule has 0 radical (unpaired) electrons. The van der Waals surface area contributed by atoms with E-state index in [-0.39, 0.29) is 11.9 Å². The number of nitrogens with two attached hydrogens (primary N) is 1. The van der Waals surface area contributed by atoms with Crippen LogP contribution in [0.3, 0.4) is 0 Å². The van der Waals surface area contributed by atoms with E-state index in [2.05, 4.69) is 24.1 Å². The van der Waals surface area contributed by atoms with E-state index in [4.69, 9.17) is 5.73 Å². The molecule has 3 atom stereocenters. The zero-order valence-corrected chi connectivity index (χ0v) is 14.0. The highest BCUT2D eigenvalue weighted by Crippen LogP contribution is 2.26.